The van der Waals surface area contributed by atoms with E-state index < -0.39 is 0 Å². The molecule has 0 unspecified atom stereocenters. The molecular formula is C14H22ClNO3. The minimum absolute atomic E-state index is 0.350. The lowest BCUT2D eigenvalue weighted by molar-refractivity contribution is 0.0536. The first-order valence-electron chi connectivity index (χ1n) is 6.43. The topological polar surface area (TPSA) is 40.6 Å². The maximum atomic E-state index is 5.87. The van der Waals surface area contributed by atoms with E-state index in [0.29, 0.717) is 44.1 Å². The third kappa shape index (κ3) is 6.23. The zero-order chi connectivity index (χ0) is 14.1. The van der Waals surface area contributed by atoms with Crippen LogP contribution >= 0.6 is 11.6 Å². The van der Waals surface area contributed by atoms with Gasteiger partial charge in [-0.1, -0.05) is 13.8 Å². The lowest BCUT2D eigenvalue weighted by Gasteiger charge is -2.11. The number of alkyl halides is 1. The lowest BCUT2D eigenvalue weighted by atomic mass is 10.1. The number of nitrogens with zero attached hydrogens (tertiary/aromatic N) is 1. The summed E-state index contributed by atoms with van der Waals surface area (Å²) in [5, 5.41) is 0. The van der Waals surface area contributed by atoms with Crippen LogP contribution in [0.2, 0.25) is 0 Å². The third-order valence-electron chi connectivity index (χ3n) is 2.54. The van der Waals surface area contributed by atoms with Gasteiger partial charge in [-0.05, 0) is 17.5 Å². The van der Waals surface area contributed by atoms with Crippen LogP contribution in [0.1, 0.15) is 31.0 Å². The van der Waals surface area contributed by atoms with Gasteiger partial charge in [0.2, 0.25) is 5.88 Å². The number of methoxy groups -OCH3 is 1. The summed E-state index contributed by atoms with van der Waals surface area (Å²) in [5.74, 6) is 1.42. The van der Waals surface area contributed by atoms with Gasteiger partial charge in [0.05, 0.1) is 19.8 Å². The van der Waals surface area contributed by atoms with Crippen molar-refractivity contribution >= 4 is 11.6 Å². The molecule has 1 heterocycles. The number of rotatable bonds is 9. The molecule has 1 aromatic heterocycles. The van der Waals surface area contributed by atoms with Gasteiger partial charge in [-0.25, -0.2) is 4.98 Å². The van der Waals surface area contributed by atoms with Crippen LogP contribution in [0.15, 0.2) is 12.1 Å². The zero-order valence-corrected chi connectivity index (χ0v) is 12.6. The molecule has 0 saturated carbocycles. The Hall–Kier alpha value is -0.840. The SMILES string of the molecule is COCCOCCOc1cc(CCl)cc(C(C)C)n1. The molecule has 1 rings (SSSR count). The Balaban J connectivity index is 2.46. The Kier molecular flexibility index (Phi) is 7.79. The summed E-state index contributed by atoms with van der Waals surface area (Å²) in [6.07, 6.45) is 0. The van der Waals surface area contributed by atoms with Gasteiger partial charge < -0.3 is 14.2 Å². The van der Waals surface area contributed by atoms with E-state index in [2.05, 4.69) is 18.8 Å². The van der Waals surface area contributed by atoms with Crippen molar-refractivity contribution in [3.8, 4) is 5.88 Å². The smallest absolute Gasteiger partial charge is 0.213 e. The summed E-state index contributed by atoms with van der Waals surface area (Å²) in [5.41, 5.74) is 2.02. The maximum Gasteiger partial charge on any atom is 0.213 e. The number of ether oxygens (including phenoxy) is 3. The highest BCUT2D eigenvalue weighted by atomic mass is 35.5. The van der Waals surface area contributed by atoms with E-state index in [9.17, 15) is 0 Å². The molecule has 19 heavy (non-hydrogen) atoms. The second-order valence-corrected chi connectivity index (χ2v) is 4.75. The van der Waals surface area contributed by atoms with Crippen molar-refractivity contribution in [3.63, 3.8) is 0 Å². The van der Waals surface area contributed by atoms with Gasteiger partial charge >= 0.3 is 0 Å². The minimum atomic E-state index is 0.350. The van der Waals surface area contributed by atoms with E-state index in [1.807, 2.05) is 12.1 Å². The van der Waals surface area contributed by atoms with E-state index in [1.165, 1.54) is 0 Å². The standard InChI is InChI=1S/C14H22ClNO3/c1-11(2)13-8-12(10-15)9-14(16-13)19-7-6-18-5-4-17-3/h8-9,11H,4-7,10H2,1-3H3. The van der Waals surface area contributed by atoms with Crippen LogP contribution in [-0.4, -0.2) is 38.5 Å². The largest absolute Gasteiger partial charge is 0.475 e. The Morgan fingerprint density at radius 1 is 1.16 bits per heavy atom. The quantitative estimate of drug-likeness (QED) is 0.517. The summed E-state index contributed by atoms with van der Waals surface area (Å²) < 4.78 is 15.8. The molecule has 108 valence electrons. The fraction of sp³-hybridized carbons (Fsp3) is 0.643. The Morgan fingerprint density at radius 3 is 2.53 bits per heavy atom. The fourth-order valence-electron chi connectivity index (χ4n) is 1.48. The second kappa shape index (κ2) is 9.13. The van der Waals surface area contributed by atoms with Crippen LogP contribution in [0.3, 0.4) is 0 Å². The zero-order valence-electron chi connectivity index (χ0n) is 11.8. The molecule has 0 saturated heterocycles. The van der Waals surface area contributed by atoms with Gasteiger partial charge in [0.1, 0.15) is 6.61 Å². The van der Waals surface area contributed by atoms with E-state index >= 15 is 0 Å². The highest BCUT2D eigenvalue weighted by Gasteiger charge is 2.06. The second-order valence-electron chi connectivity index (χ2n) is 4.48. The van der Waals surface area contributed by atoms with E-state index in [0.717, 1.165) is 11.3 Å². The molecule has 0 aliphatic rings. The van der Waals surface area contributed by atoms with Gasteiger partial charge in [0.25, 0.3) is 0 Å². The Bertz CT molecular complexity index is 372. The van der Waals surface area contributed by atoms with Crippen molar-refractivity contribution in [3.05, 3.63) is 23.4 Å². The molecular weight excluding hydrogens is 266 g/mol. The van der Waals surface area contributed by atoms with E-state index in [4.69, 9.17) is 25.8 Å². The van der Waals surface area contributed by atoms with Crippen LogP contribution in [0.5, 0.6) is 5.88 Å². The van der Waals surface area contributed by atoms with Gasteiger partial charge in [0, 0.05) is 24.8 Å². The van der Waals surface area contributed by atoms with Gasteiger partial charge in [-0.2, -0.15) is 0 Å². The van der Waals surface area contributed by atoms with Crippen LogP contribution in [-0.2, 0) is 15.4 Å². The first-order chi connectivity index (χ1) is 9.17. The highest BCUT2D eigenvalue weighted by molar-refractivity contribution is 6.17. The molecule has 0 aliphatic heterocycles. The number of halogens is 1. The monoisotopic (exact) mass is 287 g/mol. The molecule has 0 N–H and O–H groups in total. The summed E-state index contributed by atoms with van der Waals surface area (Å²) in [6.45, 7) is 6.35. The highest BCUT2D eigenvalue weighted by Crippen LogP contribution is 2.20. The molecule has 1 aromatic rings. The molecule has 4 nitrogen and oxygen atoms in total. The predicted molar refractivity (Wildman–Crippen MR) is 76.1 cm³/mol. The number of hydrogen-bond acceptors (Lipinski definition) is 4. The van der Waals surface area contributed by atoms with Crippen molar-refractivity contribution in [2.75, 3.05) is 33.5 Å². The Labute approximate surface area is 120 Å². The van der Waals surface area contributed by atoms with E-state index in [1.54, 1.807) is 7.11 Å². The van der Waals surface area contributed by atoms with Crippen LogP contribution in [0, 0.1) is 0 Å². The number of aromatic nitrogens is 1. The van der Waals surface area contributed by atoms with Crippen molar-refractivity contribution < 1.29 is 14.2 Å². The maximum absolute atomic E-state index is 5.87. The van der Waals surface area contributed by atoms with Crippen LogP contribution < -0.4 is 4.74 Å². The molecule has 0 radical (unpaired) electrons. The van der Waals surface area contributed by atoms with Gasteiger partial charge in [-0.15, -0.1) is 11.6 Å². The van der Waals surface area contributed by atoms with Crippen LogP contribution in [0.4, 0.5) is 0 Å². The summed E-state index contributed by atoms with van der Waals surface area (Å²) in [6, 6.07) is 3.88. The lowest BCUT2D eigenvalue weighted by Crippen LogP contribution is -2.11. The Morgan fingerprint density at radius 2 is 1.89 bits per heavy atom. The minimum Gasteiger partial charge on any atom is -0.475 e. The molecule has 0 aromatic carbocycles. The van der Waals surface area contributed by atoms with Crippen molar-refractivity contribution in [2.45, 2.75) is 25.6 Å². The van der Waals surface area contributed by atoms with Gasteiger partial charge in [0.15, 0.2) is 0 Å². The average Bonchev–Trinajstić information content (AvgIpc) is 2.42. The van der Waals surface area contributed by atoms with Crippen LogP contribution in [0.25, 0.3) is 0 Å². The first-order valence-corrected chi connectivity index (χ1v) is 6.97. The van der Waals surface area contributed by atoms with Crippen molar-refractivity contribution in [1.82, 2.24) is 4.98 Å². The predicted octanol–water partition coefficient (Wildman–Crippen LogP) is 2.99. The number of pyridine rings is 1. The molecule has 0 amide bonds. The van der Waals surface area contributed by atoms with E-state index in [-0.39, 0.29) is 0 Å². The molecule has 0 bridgehead atoms. The summed E-state index contributed by atoms with van der Waals surface area (Å²) in [7, 11) is 1.65. The normalized spacial score (nSPS) is 11.0. The molecule has 0 fully saturated rings. The van der Waals surface area contributed by atoms with Gasteiger partial charge in [-0.3, -0.25) is 0 Å². The molecule has 5 heteroatoms. The molecule has 0 aliphatic carbocycles. The molecule has 0 atom stereocenters. The van der Waals surface area contributed by atoms with Crippen molar-refractivity contribution in [2.24, 2.45) is 0 Å². The number of hydrogen-bond donors (Lipinski definition) is 0. The average molecular weight is 288 g/mol. The summed E-state index contributed by atoms with van der Waals surface area (Å²) in [4.78, 5) is 4.45. The first kappa shape index (κ1) is 16.2. The third-order valence-corrected chi connectivity index (χ3v) is 2.85. The molecule has 0 spiro atoms. The summed E-state index contributed by atoms with van der Waals surface area (Å²) >= 11 is 5.87. The fourth-order valence-corrected chi connectivity index (χ4v) is 1.63. The van der Waals surface area contributed by atoms with Crippen molar-refractivity contribution in [1.29, 1.82) is 0 Å².